The standard InChI is InChI=1S/C16H25N3O2/c1-6-13(20)14(16(2,3)4)17-15(21)11-9-10(11)12-7-8-19(5)18-12/h7-8,10-11,14H,6,9H2,1-5H3,(H,17,21). The highest BCUT2D eigenvalue weighted by Gasteiger charge is 2.47. The van der Waals surface area contributed by atoms with Gasteiger partial charge < -0.3 is 5.32 Å². The van der Waals surface area contributed by atoms with Crippen LogP contribution in [0.5, 0.6) is 0 Å². The molecule has 1 aromatic rings. The fourth-order valence-corrected chi connectivity index (χ4v) is 2.68. The topological polar surface area (TPSA) is 64.0 Å². The largest absolute Gasteiger partial charge is 0.346 e. The molecule has 21 heavy (non-hydrogen) atoms. The molecule has 0 aliphatic heterocycles. The van der Waals surface area contributed by atoms with Crippen molar-refractivity contribution in [2.75, 3.05) is 0 Å². The van der Waals surface area contributed by atoms with Gasteiger partial charge in [-0.05, 0) is 17.9 Å². The Morgan fingerprint density at radius 3 is 2.62 bits per heavy atom. The number of rotatable bonds is 5. The minimum Gasteiger partial charge on any atom is -0.346 e. The third kappa shape index (κ3) is 3.52. The van der Waals surface area contributed by atoms with Gasteiger partial charge in [-0.2, -0.15) is 5.10 Å². The second-order valence-corrected chi connectivity index (χ2v) is 6.99. The van der Waals surface area contributed by atoms with Gasteiger partial charge in [-0.3, -0.25) is 14.3 Å². The molecule has 2 rings (SSSR count). The smallest absolute Gasteiger partial charge is 0.224 e. The number of amides is 1. The van der Waals surface area contributed by atoms with Gasteiger partial charge in [0.1, 0.15) is 0 Å². The Morgan fingerprint density at radius 1 is 1.48 bits per heavy atom. The minimum absolute atomic E-state index is 0.0209. The lowest BCUT2D eigenvalue weighted by Crippen LogP contribution is -2.49. The number of Topliss-reactive ketones (excluding diaryl/α,β-unsaturated/α-hetero) is 1. The molecule has 1 saturated carbocycles. The van der Waals surface area contributed by atoms with Gasteiger partial charge in [-0.1, -0.05) is 27.7 Å². The first-order valence-corrected chi connectivity index (χ1v) is 7.56. The molecule has 116 valence electrons. The zero-order valence-corrected chi connectivity index (χ0v) is 13.5. The van der Waals surface area contributed by atoms with Gasteiger partial charge in [0.25, 0.3) is 0 Å². The quantitative estimate of drug-likeness (QED) is 0.903. The molecule has 5 heteroatoms. The molecule has 1 aliphatic rings. The summed E-state index contributed by atoms with van der Waals surface area (Å²) in [5.74, 6) is 0.219. The van der Waals surface area contributed by atoms with Gasteiger partial charge in [0.15, 0.2) is 5.78 Å². The van der Waals surface area contributed by atoms with Crippen molar-refractivity contribution in [1.29, 1.82) is 0 Å². The summed E-state index contributed by atoms with van der Waals surface area (Å²) >= 11 is 0. The number of nitrogens with zero attached hydrogens (tertiary/aromatic N) is 2. The lowest BCUT2D eigenvalue weighted by molar-refractivity contribution is -0.130. The number of aromatic nitrogens is 2. The van der Waals surface area contributed by atoms with Crippen molar-refractivity contribution >= 4 is 11.7 Å². The SMILES string of the molecule is CCC(=O)C(NC(=O)C1CC1c1ccn(C)n1)C(C)(C)C. The van der Waals surface area contributed by atoms with Crippen LogP contribution in [0.4, 0.5) is 0 Å². The van der Waals surface area contributed by atoms with Crippen molar-refractivity contribution in [2.24, 2.45) is 18.4 Å². The molecule has 1 amide bonds. The number of nitrogens with one attached hydrogen (secondary N) is 1. The molecule has 0 bridgehead atoms. The summed E-state index contributed by atoms with van der Waals surface area (Å²) in [6.07, 6.45) is 3.15. The maximum Gasteiger partial charge on any atom is 0.224 e. The summed E-state index contributed by atoms with van der Waals surface area (Å²) < 4.78 is 1.75. The van der Waals surface area contributed by atoms with Crippen LogP contribution in [0, 0.1) is 11.3 Å². The lowest BCUT2D eigenvalue weighted by Gasteiger charge is -2.30. The van der Waals surface area contributed by atoms with E-state index in [1.54, 1.807) is 4.68 Å². The monoisotopic (exact) mass is 291 g/mol. The molecule has 1 aromatic heterocycles. The van der Waals surface area contributed by atoms with E-state index in [4.69, 9.17) is 0 Å². The van der Waals surface area contributed by atoms with E-state index in [-0.39, 0.29) is 28.9 Å². The van der Waals surface area contributed by atoms with Crippen LogP contribution in [-0.2, 0) is 16.6 Å². The summed E-state index contributed by atoms with van der Waals surface area (Å²) in [5, 5.41) is 7.31. The van der Waals surface area contributed by atoms with Crippen LogP contribution in [0.2, 0.25) is 0 Å². The van der Waals surface area contributed by atoms with E-state index < -0.39 is 6.04 Å². The van der Waals surface area contributed by atoms with Crippen molar-refractivity contribution in [3.05, 3.63) is 18.0 Å². The first kappa shape index (κ1) is 15.7. The van der Waals surface area contributed by atoms with E-state index in [1.165, 1.54) is 0 Å². The van der Waals surface area contributed by atoms with Crippen LogP contribution < -0.4 is 5.32 Å². The average Bonchev–Trinajstić information content (AvgIpc) is 3.09. The second kappa shape index (κ2) is 5.62. The maximum absolute atomic E-state index is 12.4. The highest BCUT2D eigenvalue weighted by molar-refractivity contribution is 5.91. The summed E-state index contributed by atoms with van der Waals surface area (Å²) in [6.45, 7) is 7.78. The fourth-order valence-electron chi connectivity index (χ4n) is 2.68. The minimum atomic E-state index is -0.417. The molecule has 3 atom stereocenters. The first-order valence-electron chi connectivity index (χ1n) is 7.56. The number of hydrogen-bond acceptors (Lipinski definition) is 3. The second-order valence-electron chi connectivity index (χ2n) is 6.99. The van der Waals surface area contributed by atoms with Gasteiger partial charge in [0, 0.05) is 31.5 Å². The van der Waals surface area contributed by atoms with Crippen molar-refractivity contribution in [1.82, 2.24) is 15.1 Å². The highest BCUT2D eigenvalue weighted by atomic mass is 16.2. The Morgan fingerprint density at radius 2 is 2.14 bits per heavy atom. The third-order valence-corrected chi connectivity index (χ3v) is 4.06. The van der Waals surface area contributed by atoms with Crippen LogP contribution in [0.25, 0.3) is 0 Å². The van der Waals surface area contributed by atoms with E-state index in [0.29, 0.717) is 6.42 Å². The first-order chi connectivity index (χ1) is 9.74. The summed E-state index contributed by atoms with van der Waals surface area (Å²) in [6, 6.07) is 1.54. The predicted molar refractivity (Wildman–Crippen MR) is 80.7 cm³/mol. The fraction of sp³-hybridized carbons (Fsp3) is 0.688. The molecular formula is C16H25N3O2. The Hall–Kier alpha value is -1.65. The van der Waals surface area contributed by atoms with E-state index in [2.05, 4.69) is 10.4 Å². The third-order valence-electron chi connectivity index (χ3n) is 4.06. The van der Waals surface area contributed by atoms with Crippen LogP contribution in [0.1, 0.15) is 52.1 Å². The van der Waals surface area contributed by atoms with Gasteiger partial charge >= 0.3 is 0 Å². The van der Waals surface area contributed by atoms with Crippen LogP contribution >= 0.6 is 0 Å². The molecule has 0 spiro atoms. The molecule has 1 aliphatic carbocycles. The molecule has 1 N–H and O–H groups in total. The highest BCUT2D eigenvalue weighted by Crippen LogP contribution is 2.47. The van der Waals surface area contributed by atoms with E-state index in [9.17, 15) is 9.59 Å². The molecular weight excluding hydrogens is 266 g/mol. The number of hydrogen-bond donors (Lipinski definition) is 1. The molecule has 0 aromatic carbocycles. The molecule has 0 saturated heterocycles. The van der Waals surface area contributed by atoms with E-state index >= 15 is 0 Å². The van der Waals surface area contributed by atoms with Crippen molar-refractivity contribution < 1.29 is 9.59 Å². The van der Waals surface area contributed by atoms with Gasteiger partial charge in [0.2, 0.25) is 5.91 Å². The summed E-state index contributed by atoms with van der Waals surface area (Å²) in [7, 11) is 1.87. The van der Waals surface area contributed by atoms with Crippen molar-refractivity contribution in [3.8, 4) is 0 Å². The van der Waals surface area contributed by atoms with Crippen LogP contribution in [-0.4, -0.2) is 27.5 Å². The molecule has 0 radical (unpaired) electrons. The molecule has 1 fully saturated rings. The van der Waals surface area contributed by atoms with E-state index in [0.717, 1.165) is 12.1 Å². The Kier molecular flexibility index (Phi) is 4.21. The maximum atomic E-state index is 12.4. The number of aryl methyl sites for hydroxylation is 1. The van der Waals surface area contributed by atoms with Crippen molar-refractivity contribution in [3.63, 3.8) is 0 Å². The Bertz CT molecular complexity index is 542. The lowest BCUT2D eigenvalue weighted by atomic mass is 9.83. The Labute approximate surface area is 126 Å². The Balaban J connectivity index is 2.00. The average molecular weight is 291 g/mol. The molecule has 3 unspecified atom stereocenters. The van der Waals surface area contributed by atoms with Crippen LogP contribution in [0.15, 0.2) is 12.3 Å². The van der Waals surface area contributed by atoms with Gasteiger partial charge in [-0.25, -0.2) is 0 Å². The van der Waals surface area contributed by atoms with Crippen LogP contribution in [0.3, 0.4) is 0 Å². The normalized spacial score (nSPS) is 22.7. The number of ketones is 1. The predicted octanol–water partition coefficient (Wildman–Crippen LogP) is 2.03. The van der Waals surface area contributed by atoms with Gasteiger partial charge in [0.05, 0.1) is 11.7 Å². The zero-order chi connectivity index (χ0) is 15.8. The van der Waals surface area contributed by atoms with Crippen molar-refractivity contribution in [2.45, 2.75) is 52.5 Å². The van der Waals surface area contributed by atoms with E-state index in [1.807, 2.05) is 47.0 Å². The summed E-state index contributed by atoms with van der Waals surface area (Å²) in [4.78, 5) is 24.4. The summed E-state index contributed by atoms with van der Waals surface area (Å²) in [5.41, 5.74) is 0.699. The number of carbonyl (C=O) groups is 2. The molecule has 5 nitrogen and oxygen atoms in total. The molecule has 1 heterocycles. The van der Waals surface area contributed by atoms with Gasteiger partial charge in [-0.15, -0.1) is 0 Å². The zero-order valence-electron chi connectivity index (χ0n) is 13.5. The number of carbonyl (C=O) groups excluding carboxylic acids is 2.